The lowest BCUT2D eigenvalue weighted by Gasteiger charge is -2.17. The fraction of sp³-hybridized carbons (Fsp3) is 0.529. The van der Waals surface area contributed by atoms with Crippen molar-refractivity contribution in [3.8, 4) is 0 Å². The van der Waals surface area contributed by atoms with Crippen LogP contribution in [0.3, 0.4) is 0 Å². The summed E-state index contributed by atoms with van der Waals surface area (Å²) in [5.41, 5.74) is 1.77. The van der Waals surface area contributed by atoms with Crippen LogP contribution in [0.4, 0.5) is 0 Å². The van der Waals surface area contributed by atoms with Crippen LogP contribution in [0.5, 0.6) is 0 Å². The van der Waals surface area contributed by atoms with Crippen molar-refractivity contribution in [1.82, 2.24) is 16.0 Å². The Morgan fingerprint density at radius 2 is 2.17 bits per heavy atom. The molecule has 0 saturated heterocycles. The zero-order valence-electron chi connectivity index (χ0n) is 14.5. The number of amides is 1. The number of benzene rings is 1. The fourth-order valence-corrected chi connectivity index (χ4v) is 2.15. The third kappa shape index (κ3) is 7.15. The molecule has 1 atom stereocenters. The van der Waals surface area contributed by atoms with E-state index in [0.717, 1.165) is 24.5 Å². The third-order valence-electron chi connectivity index (χ3n) is 3.23. The molecule has 0 aliphatic carbocycles. The van der Waals surface area contributed by atoms with Crippen molar-refractivity contribution in [3.63, 3.8) is 0 Å². The molecule has 6 nitrogen and oxygen atoms in total. The monoisotopic (exact) mass is 320 g/mol. The number of nitrogens with one attached hydrogen (secondary N) is 3. The number of rotatable bonds is 8. The van der Waals surface area contributed by atoms with Crippen LogP contribution in [-0.4, -0.2) is 51.8 Å². The minimum absolute atomic E-state index is 0.0706. The Morgan fingerprint density at radius 1 is 1.39 bits per heavy atom. The number of carbonyl (C=O) groups excluding carboxylic acids is 1. The minimum atomic E-state index is -0.0706. The van der Waals surface area contributed by atoms with E-state index in [1.807, 2.05) is 38.1 Å². The summed E-state index contributed by atoms with van der Waals surface area (Å²) >= 11 is 0. The van der Waals surface area contributed by atoms with Crippen molar-refractivity contribution in [1.29, 1.82) is 0 Å². The van der Waals surface area contributed by atoms with Gasteiger partial charge in [-0.05, 0) is 38.0 Å². The summed E-state index contributed by atoms with van der Waals surface area (Å²) in [5, 5.41) is 9.14. The van der Waals surface area contributed by atoms with Gasteiger partial charge in [-0.2, -0.15) is 0 Å². The van der Waals surface area contributed by atoms with E-state index in [4.69, 9.17) is 4.74 Å². The summed E-state index contributed by atoms with van der Waals surface area (Å²) < 4.78 is 5.12. The SMILES string of the molecule is CCNC(=NCCc1cccc(C(=O)NC)c1)NC(C)COC. The highest BCUT2D eigenvalue weighted by Crippen LogP contribution is 2.06. The maximum atomic E-state index is 11.6. The summed E-state index contributed by atoms with van der Waals surface area (Å²) in [5.74, 6) is 0.707. The first-order valence-corrected chi connectivity index (χ1v) is 7.95. The van der Waals surface area contributed by atoms with E-state index in [0.29, 0.717) is 18.7 Å². The highest BCUT2D eigenvalue weighted by molar-refractivity contribution is 5.94. The Bertz CT molecular complexity index is 517. The molecule has 1 amide bonds. The normalized spacial score (nSPS) is 12.6. The lowest BCUT2D eigenvalue weighted by atomic mass is 10.1. The van der Waals surface area contributed by atoms with Crippen LogP contribution in [0.25, 0.3) is 0 Å². The first-order chi connectivity index (χ1) is 11.1. The number of ether oxygens (including phenoxy) is 1. The number of methoxy groups -OCH3 is 1. The molecule has 0 heterocycles. The number of nitrogens with zero attached hydrogens (tertiary/aromatic N) is 1. The van der Waals surface area contributed by atoms with E-state index in [1.165, 1.54) is 0 Å². The van der Waals surface area contributed by atoms with Crippen molar-refractivity contribution in [2.75, 3.05) is 33.9 Å². The van der Waals surface area contributed by atoms with Crippen molar-refractivity contribution in [3.05, 3.63) is 35.4 Å². The molecule has 0 bridgehead atoms. The molecule has 1 unspecified atom stereocenters. The maximum absolute atomic E-state index is 11.6. The summed E-state index contributed by atoms with van der Waals surface area (Å²) in [7, 11) is 3.32. The Balaban J connectivity index is 2.61. The predicted molar refractivity (Wildman–Crippen MR) is 94.0 cm³/mol. The van der Waals surface area contributed by atoms with E-state index < -0.39 is 0 Å². The zero-order valence-corrected chi connectivity index (χ0v) is 14.5. The minimum Gasteiger partial charge on any atom is -0.383 e. The summed E-state index contributed by atoms with van der Waals surface area (Å²) in [6, 6.07) is 7.81. The van der Waals surface area contributed by atoms with Gasteiger partial charge in [0.25, 0.3) is 5.91 Å². The Kier molecular flexibility index (Phi) is 8.75. The van der Waals surface area contributed by atoms with Crippen molar-refractivity contribution >= 4 is 11.9 Å². The molecule has 23 heavy (non-hydrogen) atoms. The van der Waals surface area contributed by atoms with Crippen LogP contribution in [0.15, 0.2) is 29.3 Å². The van der Waals surface area contributed by atoms with Gasteiger partial charge in [0.05, 0.1) is 6.61 Å². The van der Waals surface area contributed by atoms with E-state index in [2.05, 4.69) is 20.9 Å². The van der Waals surface area contributed by atoms with Gasteiger partial charge in [-0.3, -0.25) is 9.79 Å². The van der Waals surface area contributed by atoms with Crippen LogP contribution < -0.4 is 16.0 Å². The lowest BCUT2D eigenvalue weighted by molar-refractivity contribution is 0.0963. The van der Waals surface area contributed by atoms with Gasteiger partial charge in [-0.1, -0.05) is 12.1 Å². The first kappa shape index (κ1) is 19.0. The molecular weight excluding hydrogens is 292 g/mol. The van der Waals surface area contributed by atoms with Gasteiger partial charge in [0.15, 0.2) is 5.96 Å². The maximum Gasteiger partial charge on any atom is 0.251 e. The van der Waals surface area contributed by atoms with Gasteiger partial charge in [0.2, 0.25) is 0 Å². The molecule has 1 aromatic carbocycles. The molecule has 0 fully saturated rings. The molecule has 1 rings (SSSR count). The number of carbonyl (C=O) groups is 1. The quantitative estimate of drug-likeness (QED) is 0.497. The zero-order chi connectivity index (χ0) is 17.1. The van der Waals surface area contributed by atoms with Crippen LogP contribution in [0, 0.1) is 0 Å². The third-order valence-corrected chi connectivity index (χ3v) is 3.23. The average molecular weight is 320 g/mol. The molecule has 0 aliphatic heterocycles. The summed E-state index contributed by atoms with van der Waals surface area (Å²) in [6.45, 7) is 6.15. The van der Waals surface area contributed by atoms with E-state index in [9.17, 15) is 4.79 Å². The Morgan fingerprint density at radius 3 is 2.83 bits per heavy atom. The number of guanidine groups is 1. The van der Waals surface area contributed by atoms with Gasteiger partial charge >= 0.3 is 0 Å². The van der Waals surface area contributed by atoms with Crippen LogP contribution >= 0.6 is 0 Å². The van der Waals surface area contributed by atoms with Gasteiger partial charge in [0, 0.05) is 38.9 Å². The topological polar surface area (TPSA) is 74.8 Å². The second-order valence-corrected chi connectivity index (χ2v) is 5.29. The van der Waals surface area contributed by atoms with Gasteiger partial charge in [-0.25, -0.2) is 0 Å². The molecule has 128 valence electrons. The highest BCUT2D eigenvalue weighted by Gasteiger charge is 2.05. The smallest absolute Gasteiger partial charge is 0.251 e. The Labute approximate surface area is 138 Å². The average Bonchev–Trinajstić information content (AvgIpc) is 2.54. The first-order valence-electron chi connectivity index (χ1n) is 7.95. The summed E-state index contributed by atoms with van der Waals surface area (Å²) in [4.78, 5) is 16.2. The standard InChI is InChI=1S/C17H28N4O2/c1-5-19-17(21-13(2)12-23-4)20-10-9-14-7-6-8-15(11-14)16(22)18-3/h6-8,11,13H,5,9-10,12H2,1-4H3,(H,18,22)(H2,19,20,21). The molecule has 6 heteroatoms. The lowest BCUT2D eigenvalue weighted by Crippen LogP contribution is -2.44. The highest BCUT2D eigenvalue weighted by atomic mass is 16.5. The van der Waals surface area contributed by atoms with E-state index in [1.54, 1.807) is 14.2 Å². The van der Waals surface area contributed by atoms with Crippen molar-refractivity contribution < 1.29 is 9.53 Å². The molecular formula is C17H28N4O2. The number of hydrogen-bond donors (Lipinski definition) is 3. The Hall–Kier alpha value is -2.08. The molecule has 0 saturated carbocycles. The van der Waals surface area contributed by atoms with Crippen molar-refractivity contribution in [2.24, 2.45) is 4.99 Å². The predicted octanol–water partition coefficient (Wildman–Crippen LogP) is 1.18. The molecule has 0 radical (unpaired) electrons. The number of aliphatic imine (C=N–C) groups is 1. The molecule has 1 aromatic rings. The van der Waals surface area contributed by atoms with Crippen LogP contribution in [0.1, 0.15) is 29.8 Å². The fourth-order valence-electron chi connectivity index (χ4n) is 2.15. The van der Waals surface area contributed by atoms with Crippen LogP contribution in [-0.2, 0) is 11.2 Å². The second kappa shape index (κ2) is 10.6. The summed E-state index contributed by atoms with van der Waals surface area (Å²) in [6.07, 6.45) is 0.778. The molecule has 0 spiro atoms. The van der Waals surface area contributed by atoms with Gasteiger partial charge in [0.1, 0.15) is 0 Å². The molecule has 0 aliphatic rings. The van der Waals surface area contributed by atoms with Gasteiger partial charge < -0.3 is 20.7 Å². The van der Waals surface area contributed by atoms with Crippen LogP contribution in [0.2, 0.25) is 0 Å². The second-order valence-electron chi connectivity index (χ2n) is 5.29. The molecule has 0 aromatic heterocycles. The molecule has 3 N–H and O–H groups in total. The number of hydrogen-bond acceptors (Lipinski definition) is 3. The van der Waals surface area contributed by atoms with Gasteiger partial charge in [-0.15, -0.1) is 0 Å². The largest absolute Gasteiger partial charge is 0.383 e. The van der Waals surface area contributed by atoms with E-state index >= 15 is 0 Å². The van der Waals surface area contributed by atoms with Crippen molar-refractivity contribution in [2.45, 2.75) is 26.3 Å². The van der Waals surface area contributed by atoms with E-state index in [-0.39, 0.29) is 11.9 Å².